The number of rotatable bonds is 6. The maximum Gasteiger partial charge on any atom is 0.119 e. The summed E-state index contributed by atoms with van der Waals surface area (Å²) < 4.78 is 5.25. The van der Waals surface area contributed by atoms with Crippen LogP contribution in [0.15, 0.2) is 48.5 Å². The van der Waals surface area contributed by atoms with Crippen molar-refractivity contribution in [1.82, 2.24) is 5.32 Å². The van der Waals surface area contributed by atoms with Crippen molar-refractivity contribution in [3.63, 3.8) is 0 Å². The predicted octanol–water partition coefficient (Wildman–Crippen LogP) is 4.24. The summed E-state index contributed by atoms with van der Waals surface area (Å²) in [6.07, 6.45) is 0.925. The molecule has 0 aromatic heterocycles. The third kappa shape index (κ3) is 3.99. The maximum absolute atomic E-state index is 6.15. The first-order valence-electron chi connectivity index (χ1n) is 6.81. The van der Waals surface area contributed by atoms with Crippen molar-refractivity contribution < 1.29 is 4.74 Å². The first-order chi connectivity index (χ1) is 9.70. The third-order valence-corrected chi connectivity index (χ3v) is 3.77. The van der Waals surface area contributed by atoms with Crippen LogP contribution in [0.5, 0.6) is 5.75 Å². The van der Waals surface area contributed by atoms with Gasteiger partial charge in [-0.25, -0.2) is 0 Å². The van der Waals surface area contributed by atoms with E-state index in [-0.39, 0.29) is 6.04 Å². The molecule has 0 radical (unpaired) electrons. The van der Waals surface area contributed by atoms with Crippen molar-refractivity contribution in [2.24, 2.45) is 0 Å². The van der Waals surface area contributed by atoms with E-state index in [1.54, 1.807) is 7.11 Å². The average molecular weight is 290 g/mol. The second-order valence-corrected chi connectivity index (χ2v) is 5.20. The summed E-state index contributed by atoms with van der Waals surface area (Å²) in [6, 6.07) is 16.4. The molecule has 106 valence electrons. The molecular formula is C17H20ClNO. The Morgan fingerprint density at radius 1 is 1.15 bits per heavy atom. The highest BCUT2D eigenvalue weighted by molar-refractivity contribution is 6.31. The van der Waals surface area contributed by atoms with Crippen molar-refractivity contribution in [2.75, 3.05) is 13.7 Å². The summed E-state index contributed by atoms with van der Waals surface area (Å²) in [5, 5.41) is 4.35. The molecule has 1 N–H and O–H groups in total. The van der Waals surface area contributed by atoms with E-state index in [4.69, 9.17) is 16.3 Å². The number of methoxy groups -OCH3 is 1. The van der Waals surface area contributed by atoms with Crippen LogP contribution in [0.1, 0.15) is 24.1 Å². The van der Waals surface area contributed by atoms with Crippen molar-refractivity contribution in [1.29, 1.82) is 0 Å². The Morgan fingerprint density at radius 3 is 2.70 bits per heavy atom. The van der Waals surface area contributed by atoms with Gasteiger partial charge in [0.05, 0.1) is 7.11 Å². The Labute approximate surface area is 125 Å². The molecule has 2 aromatic rings. The van der Waals surface area contributed by atoms with Gasteiger partial charge in [-0.2, -0.15) is 0 Å². The van der Waals surface area contributed by atoms with Crippen LogP contribution in [-0.4, -0.2) is 13.7 Å². The minimum Gasteiger partial charge on any atom is -0.497 e. The van der Waals surface area contributed by atoms with Crippen LogP contribution in [-0.2, 0) is 6.42 Å². The second-order valence-electron chi connectivity index (χ2n) is 4.79. The Morgan fingerprint density at radius 2 is 1.95 bits per heavy atom. The predicted molar refractivity (Wildman–Crippen MR) is 84.6 cm³/mol. The van der Waals surface area contributed by atoms with E-state index in [1.807, 2.05) is 30.3 Å². The van der Waals surface area contributed by atoms with Crippen molar-refractivity contribution in [3.05, 3.63) is 64.7 Å². The highest BCUT2D eigenvalue weighted by Crippen LogP contribution is 2.19. The smallest absolute Gasteiger partial charge is 0.119 e. The molecule has 2 aromatic carbocycles. The van der Waals surface area contributed by atoms with Gasteiger partial charge < -0.3 is 10.1 Å². The molecule has 0 heterocycles. The van der Waals surface area contributed by atoms with E-state index >= 15 is 0 Å². The number of ether oxygens (including phenoxy) is 1. The monoisotopic (exact) mass is 289 g/mol. The Bertz CT molecular complexity index is 556. The molecule has 0 bridgehead atoms. The molecule has 2 rings (SSSR count). The van der Waals surface area contributed by atoms with Crippen LogP contribution in [0, 0.1) is 0 Å². The Balaban J connectivity index is 1.89. The van der Waals surface area contributed by atoms with Gasteiger partial charge in [-0.15, -0.1) is 0 Å². The molecule has 0 aliphatic heterocycles. The molecule has 0 spiro atoms. The standard InChI is InChI=1S/C17H20ClNO/c1-13(15-7-5-8-16(12-15)20-2)19-11-10-14-6-3-4-9-17(14)18/h3-9,12-13,19H,10-11H2,1-2H3. The zero-order valence-electron chi connectivity index (χ0n) is 11.9. The van der Waals surface area contributed by atoms with Gasteiger partial charge in [-0.1, -0.05) is 41.9 Å². The largest absolute Gasteiger partial charge is 0.497 e. The van der Waals surface area contributed by atoms with Crippen molar-refractivity contribution >= 4 is 11.6 Å². The number of halogens is 1. The van der Waals surface area contributed by atoms with E-state index in [2.05, 4.69) is 30.4 Å². The molecule has 1 atom stereocenters. The summed E-state index contributed by atoms with van der Waals surface area (Å²) in [5.74, 6) is 0.891. The van der Waals surface area contributed by atoms with Gasteiger partial charge in [-0.3, -0.25) is 0 Å². The van der Waals surface area contributed by atoms with E-state index in [0.717, 1.165) is 23.7 Å². The molecule has 0 saturated carbocycles. The summed E-state index contributed by atoms with van der Waals surface area (Å²) in [5.41, 5.74) is 2.41. The Kier molecular flexibility index (Phi) is 5.45. The normalized spacial score (nSPS) is 12.2. The lowest BCUT2D eigenvalue weighted by atomic mass is 10.1. The average Bonchev–Trinajstić information content (AvgIpc) is 2.49. The molecule has 0 aliphatic rings. The SMILES string of the molecule is COc1cccc(C(C)NCCc2ccccc2Cl)c1. The maximum atomic E-state index is 6.15. The summed E-state index contributed by atoms with van der Waals surface area (Å²) in [4.78, 5) is 0. The number of hydrogen-bond acceptors (Lipinski definition) is 2. The van der Waals surface area contributed by atoms with Crippen LogP contribution in [0.3, 0.4) is 0 Å². The minimum absolute atomic E-state index is 0.285. The van der Waals surface area contributed by atoms with Crippen LogP contribution >= 0.6 is 11.6 Å². The molecule has 1 unspecified atom stereocenters. The van der Waals surface area contributed by atoms with Crippen LogP contribution in [0.4, 0.5) is 0 Å². The number of hydrogen-bond donors (Lipinski definition) is 1. The summed E-state index contributed by atoms with van der Waals surface area (Å²) in [6.45, 7) is 3.05. The van der Waals surface area contributed by atoms with Gasteiger partial charge in [0.15, 0.2) is 0 Å². The van der Waals surface area contributed by atoms with E-state index in [9.17, 15) is 0 Å². The van der Waals surface area contributed by atoms with Gasteiger partial charge in [-0.05, 0) is 49.2 Å². The fourth-order valence-corrected chi connectivity index (χ4v) is 2.38. The van der Waals surface area contributed by atoms with Gasteiger partial charge in [0, 0.05) is 11.1 Å². The fourth-order valence-electron chi connectivity index (χ4n) is 2.15. The molecule has 0 amide bonds. The molecule has 0 saturated heterocycles. The highest BCUT2D eigenvalue weighted by Gasteiger charge is 2.06. The number of benzene rings is 2. The zero-order valence-corrected chi connectivity index (χ0v) is 12.7. The van der Waals surface area contributed by atoms with Gasteiger partial charge >= 0.3 is 0 Å². The minimum atomic E-state index is 0.285. The lowest BCUT2D eigenvalue weighted by molar-refractivity contribution is 0.413. The summed E-state index contributed by atoms with van der Waals surface area (Å²) in [7, 11) is 1.69. The van der Waals surface area contributed by atoms with Crippen molar-refractivity contribution in [2.45, 2.75) is 19.4 Å². The fraction of sp³-hybridized carbons (Fsp3) is 0.294. The molecule has 20 heavy (non-hydrogen) atoms. The molecular weight excluding hydrogens is 270 g/mol. The molecule has 0 fully saturated rings. The molecule has 2 nitrogen and oxygen atoms in total. The zero-order chi connectivity index (χ0) is 14.4. The second kappa shape index (κ2) is 7.32. The third-order valence-electron chi connectivity index (χ3n) is 3.40. The lowest BCUT2D eigenvalue weighted by Gasteiger charge is -2.15. The quantitative estimate of drug-likeness (QED) is 0.859. The van der Waals surface area contributed by atoms with E-state index in [0.29, 0.717) is 0 Å². The van der Waals surface area contributed by atoms with E-state index in [1.165, 1.54) is 11.1 Å². The van der Waals surface area contributed by atoms with Gasteiger partial charge in [0.2, 0.25) is 0 Å². The van der Waals surface area contributed by atoms with E-state index < -0.39 is 0 Å². The molecule has 3 heteroatoms. The first kappa shape index (κ1) is 14.9. The molecule has 0 aliphatic carbocycles. The van der Waals surface area contributed by atoms with Gasteiger partial charge in [0.25, 0.3) is 0 Å². The topological polar surface area (TPSA) is 21.3 Å². The first-order valence-corrected chi connectivity index (χ1v) is 7.19. The van der Waals surface area contributed by atoms with Crippen LogP contribution in [0.25, 0.3) is 0 Å². The van der Waals surface area contributed by atoms with Crippen LogP contribution < -0.4 is 10.1 Å². The highest BCUT2D eigenvalue weighted by atomic mass is 35.5. The number of nitrogens with one attached hydrogen (secondary N) is 1. The van der Waals surface area contributed by atoms with Crippen molar-refractivity contribution in [3.8, 4) is 5.75 Å². The van der Waals surface area contributed by atoms with Gasteiger partial charge in [0.1, 0.15) is 5.75 Å². The summed E-state index contributed by atoms with van der Waals surface area (Å²) >= 11 is 6.15. The Hall–Kier alpha value is -1.51. The van der Waals surface area contributed by atoms with Crippen LogP contribution in [0.2, 0.25) is 5.02 Å². The lowest BCUT2D eigenvalue weighted by Crippen LogP contribution is -2.21.